The number of benzene rings is 1. The van der Waals surface area contributed by atoms with Crippen molar-refractivity contribution in [1.29, 1.82) is 0 Å². The van der Waals surface area contributed by atoms with Gasteiger partial charge in [-0.3, -0.25) is 0 Å². The number of hydrogen-bond donors (Lipinski definition) is 1. The highest BCUT2D eigenvalue weighted by Gasteiger charge is 2.39. The fraction of sp³-hybridized carbons (Fsp3) is 0.538. The minimum absolute atomic E-state index is 0.437. The maximum absolute atomic E-state index is 11.8. The lowest BCUT2D eigenvalue weighted by Gasteiger charge is -2.29. The van der Waals surface area contributed by atoms with Crippen molar-refractivity contribution >= 4 is 9.84 Å². The van der Waals surface area contributed by atoms with E-state index in [1.807, 2.05) is 0 Å². The molecular weight excluding hydrogens is 268 g/mol. The first kappa shape index (κ1) is 15.8. The molecule has 1 aromatic carbocycles. The Hall–Kier alpha value is -1.27. The molecule has 6 heteroatoms. The Kier molecular flexibility index (Phi) is 4.47. The van der Waals surface area contributed by atoms with E-state index in [-0.39, 0.29) is 0 Å². The van der Waals surface area contributed by atoms with Crippen LogP contribution in [0.5, 0.6) is 11.5 Å². The van der Waals surface area contributed by atoms with Gasteiger partial charge in [-0.1, -0.05) is 0 Å². The van der Waals surface area contributed by atoms with Crippen LogP contribution in [0.15, 0.2) is 18.2 Å². The summed E-state index contributed by atoms with van der Waals surface area (Å²) in [5.41, 5.74) is 0.437. The normalized spacial score (nSPS) is 14.0. The van der Waals surface area contributed by atoms with Gasteiger partial charge in [0.05, 0.1) is 25.1 Å². The molecule has 1 aromatic rings. The summed E-state index contributed by atoms with van der Waals surface area (Å²) in [5.74, 6) is 0.996. The molecule has 1 rings (SSSR count). The van der Waals surface area contributed by atoms with Gasteiger partial charge in [0.1, 0.15) is 11.5 Å². The molecule has 19 heavy (non-hydrogen) atoms. The average Bonchev–Trinajstić information content (AvgIpc) is 2.35. The predicted molar refractivity (Wildman–Crippen MR) is 73.4 cm³/mol. The monoisotopic (exact) mass is 288 g/mol. The highest BCUT2D eigenvalue weighted by Crippen LogP contribution is 2.35. The van der Waals surface area contributed by atoms with Crippen molar-refractivity contribution in [2.75, 3.05) is 20.5 Å². The standard InChI is InChI=1S/C13H20O5S/c1-13(2,19(5,15)16)12(14)9-6-10(17-3)8-11(7-9)18-4/h6-8,12,14H,1-5H3. The molecule has 0 aromatic heterocycles. The van der Waals surface area contributed by atoms with Crippen LogP contribution >= 0.6 is 0 Å². The molecule has 1 N–H and O–H groups in total. The molecular formula is C13H20O5S. The third-order valence-corrected chi connectivity index (χ3v) is 5.44. The van der Waals surface area contributed by atoms with Gasteiger partial charge in [0, 0.05) is 12.3 Å². The lowest BCUT2D eigenvalue weighted by molar-refractivity contribution is 0.139. The van der Waals surface area contributed by atoms with Gasteiger partial charge in [-0.25, -0.2) is 8.42 Å². The van der Waals surface area contributed by atoms with Crippen molar-refractivity contribution in [2.24, 2.45) is 0 Å². The third-order valence-electron chi connectivity index (χ3n) is 3.30. The van der Waals surface area contributed by atoms with E-state index in [1.54, 1.807) is 18.2 Å². The minimum atomic E-state index is -3.42. The first-order valence-electron chi connectivity index (χ1n) is 5.74. The molecule has 0 aliphatic heterocycles. The molecule has 1 unspecified atom stereocenters. The Morgan fingerprint density at radius 3 is 1.84 bits per heavy atom. The lowest BCUT2D eigenvalue weighted by atomic mass is 9.98. The molecule has 1 atom stereocenters. The van der Waals surface area contributed by atoms with Crippen molar-refractivity contribution in [3.63, 3.8) is 0 Å². The van der Waals surface area contributed by atoms with Crippen molar-refractivity contribution in [1.82, 2.24) is 0 Å². The minimum Gasteiger partial charge on any atom is -0.497 e. The van der Waals surface area contributed by atoms with E-state index in [1.165, 1.54) is 28.1 Å². The van der Waals surface area contributed by atoms with E-state index in [0.717, 1.165) is 6.26 Å². The maximum Gasteiger partial charge on any atom is 0.155 e. The topological polar surface area (TPSA) is 72.8 Å². The molecule has 0 saturated carbocycles. The molecule has 0 amide bonds. The van der Waals surface area contributed by atoms with E-state index >= 15 is 0 Å². The van der Waals surface area contributed by atoms with Crippen LogP contribution in [0.3, 0.4) is 0 Å². The molecule has 108 valence electrons. The first-order valence-corrected chi connectivity index (χ1v) is 7.63. The quantitative estimate of drug-likeness (QED) is 0.890. The zero-order valence-corrected chi connectivity index (χ0v) is 12.6. The number of hydrogen-bond acceptors (Lipinski definition) is 5. The van der Waals surface area contributed by atoms with Gasteiger partial charge in [0.2, 0.25) is 0 Å². The molecule has 5 nitrogen and oxygen atoms in total. The summed E-state index contributed by atoms with van der Waals surface area (Å²) >= 11 is 0. The number of methoxy groups -OCH3 is 2. The average molecular weight is 288 g/mol. The van der Waals surface area contributed by atoms with E-state index in [2.05, 4.69) is 0 Å². The zero-order chi connectivity index (χ0) is 14.8. The first-order chi connectivity index (χ1) is 8.63. The van der Waals surface area contributed by atoms with Gasteiger partial charge in [-0.15, -0.1) is 0 Å². The van der Waals surface area contributed by atoms with Crippen LogP contribution in [0.25, 0.3) is 0 Å². The van der Waals surface area contributed by atoms with Crippen LogP contribution in [0.2, 0.25) is 0 Å². The van der Waals surface area contributed by atoms with Gasteiger partial charge in [-0.2, -0.15) is 0 Å². The predicted octanol–water partition coefficient (Wildman–Crippen LogP) is 1.56. The van der Waals surface area contributed by atoms with Gasteiger partial charge in [0.15, 0.2) is 9.84 Å². The largest absolute Gasteiger partial charge is 0.497 e. The molecule has 0 heterocycles. The van der Waals surface area contributed by atoms with Crippen LogP contribution in [0.1, 0.15) is 25.5 Å². The summed E-state index contributed by atoms with van der Waals surface area (Å²) in [6.45, 7) is 2.97. The summed E-state index contributed by atoms with van der Waals surface area (Å²) < 4.78 is 32.4. The molecule has 0 bridgehead atoms. The second-order valence-corrected chi connectivity index (χ2v) is 7.52. The van der Waals surface area contributed by atoms with Crippen molar-refractivity contribution in [3.8, 4) is 11.5 Å². The summed E-state index contributed by atoms with van der Waals surface area (Å²) in [5, 5.41) is 10.3. The summed E-state index contributed by atoms with van der Waals surface area (Å²) in [6.07, 6.45) is -0.0698. The van der Waals surface area contributed by atoms with Crippen molar-refractivity contribution in [3.05, 3.63) is 23.8 Å². The van der Waals surface area contributed by atoms with Gasteiger partial charge < -0.3 is 14.6 Å². The van der Waals surface area contributed by atoms with Crippen LogP contribution in [0.4, 0.5) is 0 Å². The fourth-order valence-corrected chi connectivity index (χ4v) is 2.13. The molecule has 0 aliphatic rings. The molecule has 0 radical (unpaired) electrons. The number of aliphatic hydroxyl groups excluding tert-OH is 1. The highest BCUT2D eigenvalue weighted by atomic mass is 32.2. The third kappa shape index (κ3) is 3.19. The maximum atomic E-state index is 11.8. The van der Waals surface area contributed by atoms with Crippen LogP contribution < -0.4 is 9.47 Å². The Labute approximate surface area is 114 Å². The smallest absolute Gasteiger partial charge is 0.155 e. The lowest BCUT2D eigenvalue weighted by Crippen LogP contribution is -2.37. The number of aliphatic hydroxyl groups is 1. The molecule has 0 fully saturated rings. The van der Waals surface area contributed by atoms with Gasteiger partial charge >= 0.3 is 0 Å². The Balaban J connectivity index is 3.30. The summed E-state index contributed by atoms with van der Waals surface area (Å²) in [4.78, 5) is 0. The van der Waals surface area contributed by atoms with Crippen LogP contribution in [-0.2, 0) is 9.84 Å². The Morgan fingerprint density at radius 1 is 1.11 bits per heavy atom. The molecule has 0 aliphatic carbocycles. The van der Waals surface area contributed by atoms with E-state index in [4.69, 9.17) is 9.47 Å². The SMILES string of the molecule is COc1cc(OC)cc(C(O)C(C)(C)S(C)(=O)=O)c1. The summed E-state index contributed by atoms with van der Waals surface area (Å²) in [6, 6.07) is 4.85. The Bertz CT molecular complexity index is 526. The van der Waals surface area contributed by atoms with E-state index < -0.39 is 20.7 Å². The molecule has 0 saturated heterocycles. The molecule has 0 spiro atoms. The van der Waals surface area contributed by atoms with Crippen LogP contribution in [0, 0.1) is 0 Å². The second-order valence-electron chi connectivity index (χ2n) is 4.92. The Morgan fingerprint density at radius 2 is 1.53 bits per heavy atom. The van der Waals surface area contributed by atoms with Crippen molar-refractivity contribution in [2.45, 2.75) is 24.7 Å². The number of rotatable bonds is 5. The number of sulfone groups is 1. The second kappa shape index (κ2) is 5.38. The number of ether oxygens (including phenoxy) is 2. The zero-order valence-electron chi connectivity index (χ0n) is 11.8. The van der Waals surface area contributed by atoms with E-state index in [0.29, 0.717) is 17.1 Å². The van der Waals surface area contributed by atoms with Crippen LogP contribution in [-0.4, -0.2) is 38.7 Å². The fourth-order valence-electron chi connectivity index (χ4n) is 1.59. The highest BCUT2D eigenvalue weighted by molar-refractivity contribution is 7.92. The van der Waals surface area contributed by atoms with Gasteiger partial charge in [-0.05, 0) is 31.5 Å². The van der Waals surface area contributed by atoms with Crippen molar-refractivity contribution < 1.29 is 23.0 Å². The summed E-state index contributed by atoms with van der Waals surface area (Å²) in [7, 11) is -0.435. The van der Waals surface area contributed by atoms with E-state index in [9.17, 15) is 13.5 Å². The van der Waals surface area contributed by atoms with Gasteiger partial charge in [0.25, 0.3) is 0 Å².